The van der Waals surface area contributed by atoms with E-state index in [4.69, 9.17) is 4.74 Å². The van der Waals surface area contributed by atoms with Crippen molar-refractivity contribution in [3.8, 4) is 17.0 Å². The lowest BCUT2D eigenvalue weighted by atomic mass is 10.1. The maximum Gasteiger partial charge on any atom is 0.279 e. The molecular formula is C17H14N6O2. The molecular weight excluding hydrogens is 320 g/mol. The van der Waals surface area contributed by atoms with Crippen LogP contribution in [0.4, 0.5) is 11.6 Å². The Labute approximate surface area is 141 Å². The molecule has 124 valence electrons. The van der Waals surface area contributed by atoms with Crippen molar-refractivity contribution in [1.29, 1.82) is 0 Å². The number of benzene rings is 2. The fourth-order valence-corrected chi connectivity index (χ4v) is 2.48. The summed E-state index contributed by atoms with van der Waals surface area (Å²) < 4.78 is 5.11. The van der Waals surface area contributed by atoms with Crippen LogP contribution in [0.2, 0.25) is 0 Å². The minimum Gasteiger partial charge on any atom is -0.497 e. The first-order valence-corrected chi connectivity index (χ1v) is 7.54. The normalized spacial score (nSPS) is 10.8. The molecule has 2 aromatic heterocycles. The van der Waals surface area contributed by atoms with Crippen molar-refractivity contribution in [3.05, 3.63) is 59.0 Å². The number of rotatable bonds is 4. The quantitative estimate of drug-likeness (QED) is 0.529. The van der Waals surface area contributed by atoms with Crippen LogP contribution >= 0.6 is 0 Å². The summed E-state index contributed by atoms with van der Waals surface area (Å²) in [6.45, 7) is 0. The van der Waals surface area contributed by atoms with E-state index in [9.17, 15) is 4.79 Å². The molecule has 0 bridgehead atoms. The van der Waals surface area contributed by atoms with Gasteiger partial charge in [-0.1, -0.05) is 0 Å². The van der Waals surface area contributed by atoms with Gasteiger partial charge in [-0.2, -0.15) is 5.10 Å². The van der Waals surface area contributed by atoms with E-state index in [-0.39, 0.29) is 17.2 Å². The molecule has 2 heterocycles. The highest BCUT2D eigenvalue weighted by atomic mass is 16.5. The molecule has 0 atom stereocenters. The second kappa shape index (κ2) is 6.08. The third kappa shape index (κ3) is 2.92. The van der Waals surface area contributed by atoms with Crippen molar-refractivity contribution in [1.82, 2.24) is 25.4 Å². The highest BCUT2D eigenvalue weighted by molar-refractivity contribution is 5.82. The van der Waals surface area contributed by atoms with Gasteiger partial charge in [-0.15, -0.1) is 10.2 Å². The number of methoxy groups -OCH3 is 1. The van der Waals surface area contributed by atoms with Gasteiger partial charge in [0.1, 0.15) is 5.75 Å². The first-order valence-electron chi connectivity index (χ1n) is 7.54. The van der Waals surface area contributed by atoms with E-state index in [1.807, 2.05) is 18.2 Å². The molecule has 8 nitrogen and oxygen atoms in total. The van der Waals surface area contributed by atoms with Gasteiger partial charge in [-0.25, -0.2) is 0 Å². The lowest BCUT2D eigenvalue weighted by Crippen LogP contribution is -2.15. The zero-order valence-corrected chi connectivity index (χ0v) is 13.3. The Balaban J connectivity index is 1.61. The standard InChI is InChI=1S/C17H14N6O2/c1-25-13-6-3-10(4-7-13)15-16(24)20-17(23-22-15)19-12-5-2-11-9-18-21-14(11)8-12/h2-9H,1H3,(H,18,21)(H2,19,20,23,24). The summed E-state index contributed by atoms with van der Waals surface area (Å²) in [5.74, 6) is 0.974. The van der Waals surface area contributed by atoms with Gasteiger partial charge in [0.15, 0.2) is 5.69 Å². The summed E-state index contributed by atoms with van der Waals surface area (Å²) in [6, 6.07) is 12.7. The summed E-state index contributed by atoms with van der Waals surface area (Å²) in [5.41, 5.74) is 2.23. The summed E-state index contributed by atoms with van der Waals surface area (Å²) in [7, 11) is 1.59. The molecule has 0 radical (unpaired) electrons. The molecule has 4 rings (SSSR count). The number of aromatic nitrogens is 5. The number of hydrogen-bond donors (Lipinski definition) is 3. The molecule has 8 heteroatoms. The highest BCUT2D eigenvalue weighted by Gasteiger charge is 2.08. The molecule has 0 aliphatic rings. The summed E-state index contributed by atoms with van der Waals surface area (Å²) in [4.78, 5) is 15.0. The maximum absolute atomic E-state index is 12.3. The third-order valence-electron chi connectivity index (χ3n) is 3.77. The van der Waals surface area contributed by atoms with E-state index >= 15 is 0 Å². The van der Waals surface area contributed by atoms with Crippen molar-refractivity contribution in [3.63, 3.8) is 0 Å². The largest absolute Gasteiger partial charge is 0.497 e. The van der Waals surface area contributed by atoms with Crippen LogP contribution in [0.1, 0.15) is 0 Å². The van der Waals surface area contributed by atoms with E-state index < -0.39 is 0 Å². The van der Waals surface area contributed by atoms with Crippen LogP contribution in [0.5, 0.6) is 5.75 Å². The predicted molar refractivity (Wildman–Crippen MR) is 94.0 cm³/mol. The third-order valence-corrected chi connectivity index (χ3v) is 3.77. The molecule has 25 heavy (non-hydrogen) atoms. The van der Waals surface area contributed by atoms with Crippen molar-refractivity contribution < 1.29 is 4.74 Å². The fourth-order valence-electron chi connectivity index (χ4n) is 2.48. The number of fused-ring (bicyclic) bond motifs is 1. The van der Waals surface area contributed by atoms with E-state index in [0.717, 1.165) is 16.6 Å². The van der Waals surface area contributed by atoms with Crippen molar-refractivity contribution >= 4 is 22.5 Å². The number of anilines is 2. The average Bonchev–Trinajstić information content (AvgIpc) is 3.10. The minimum absolute atomic E-state index is 0.247. The summed E-state index contributed by atoms with van der Waals surface area (Å²) >= 11 is 0. The van der Waals surface area contributed by atoms with Crippen molar-refractivity contribution in [2.24, 2.45) is 0 Å². The van der Waals surface area contributed by atoms with Crippen LogP contribution in [0.15, 0.2) is 53.5 Å². The Morgan fingerprint density at radius 1 is 1.08 bits per heavy atom. The second-order valence-electron chi connectivity index (χ2n) is 5.38. The average molecular weight is 334 g/mol. The van der Waals surface area contributed by atoms with Gasteiger partial charge in [0.2, 0.25) is 5.95 Å². The zero-order chi connectivity index (χ0) is 17.2. The highest BCUT2D eigenvalue weighted by Crippen LogP contribution is 2.20. The van der Waals surface area contributed by atoms with Crippen LogP contribution in [-0.4, -0.2) is 32.5 Å². The first-order chi connectivity index (χ1) is 12.2. The minimum atomic E-state index is -0.328. The molecule has 3 N–H and O–H groups in total. The number of nitrogens with one attached hydrogen (secondary N) is 3. The number of aromatic amines is 2. The summed E-state index contributed by atoms with van der Waals surface area (Å²) in [6.07, 6.45) is 1.74. The van der Waals surface area contributed by atoms with E-state index in [1.54, 1.807) is 37.6 Å². The number of H-pyrrole nitrogens is 2. The number of nitrogens with zero attached hydrogens (tertiary/aromatic N) is 3. The Hall–Kier alpha value is -3.68. The SMILES string of the molecule is COc1ccc(-c2nnc(Nc3ccc4cn[nH]c4c3)[nH]c2=O)cc1. The second-order valence-corrected chi connectivity index (χ2v) is 5.38. The Morgan fingerprint density at radius 3 is 2.68 bits per heavy atom. The fraction of sp³-hybridized carbons (Fsp3) is 0.0588. The van der Waals surface area contributed by atoms with Crippen LogP contribution in [0.3, 0.4) is 0 Å². The Bertz CT molecular complexity index is 1080. The predicted octanol–water partition coefficient (Wildman–Crippen LogP) is 2.46. The molecule has 0 saturated carbocycles. The summed E-state index contributed by atoms with van der Waals surface area (Å²) in [5, 5.41) is 19.0. The Kier molecular flexibility index (Phi) is 3.62. The molecule has 2 aromatic carbocycles. The van der Waals surface area contributed by atoms with Gasteiger partial charge in [0, 0.05) is 16.6 Å². The smallest absolute Gasteiger partial charge is 0.279 e. The Morgan fingerprint density at radius 2 is 1.92 bits per heavy atom. The van der Waals surface area contributed by atoms with Gasteiger partial charge in [-0.3, -0.25) is 14.9 Å². The molecule has 4 aromatic rings. The van der Waals surface area contributed by atoms with Crippen molar-refractivity contribution in [2.75, 3.05) is 12.4 Å². The monoisotopic (exact) mass is 334 g/mol. The molecule has 0 aliphatic heterocycles. The molecule has 0 amide bonds. The first kappa shape index (κ1) is 14.9. The molecule has 0 aliphatic carbocycles. The van der Waals surface area contributed by atoms with E-state index in [2.05, 4.69) is 30.7 Å². The van der Waals surface area contributed by atoms with Crippen LogP contribution in [0.25, 0.3) is 22.2 Å². The maximum atomic E-state index is 12.3. The van der Waals surface area contributed by atoms with Gasteiger partial charge in [0.05, 0.1) is 18.8 Å². The zero-order valence-electron chi connectivity index (χ0n) is 13.3. The number of ether oxygens (including phenoxy) is 1. The van der Waals surface area contributed by atoms with Gasteiger partial charge in [-0.05, 0) is 42.5 Å². The van der Waals surface area contributed by atoms with Gasteiger partial charge < -0.3 is 10.1 Å². The van der Waals surface area contributed by atoms with E-state index in [1.165, 1.54) is 0 Å². The van der Waals surface area contributed by atoms with Crippen molar-refractivity contribution in [2.45, 2.75) is 0 Å². The molecule has 0 saturated heterocycles. The molecule has 0 fully saturated rings. The number of hydrogen-bond acceptors (Lipinski definition) is 6. The molecule has 0 spiro atoms. The van der Waals surface area contributed by atoms with Crippen LogP contribution in [0, 0.1) is 0 Å². The van der Waals surface area contributed by atoms with Gasteiger partial charge >= 0.3 is 0 Å². The van der Waals surface area contributed by atoms with E-state index in [0.29, 0.717) is 11.3 Å². The van der Waals surface area contributed by atoms with Gasteiger partial charge in [0.25, 0.3) is 5.56 Å². The topological polar surface area (TPSA) is 109 Å². The van der Waals surface area contributed by atoms with Crippen LogP contribution < -0.4 is 15.6 Å². The van der Waals surface area contributed by atoms with Crippen LogP contribution in [-0.2, 0) is 0 Å². The lowest BCUT2D eigenvalue weighted by molar-refractivity contribution is 0.415. The lowest BCUT2D eigenvalue weighted by Gasteiger charge is -2.06. The molecule has 0 unspecified atom stereocenters.